The number of hydrogen-bond donors (Lipinski definition) is 2. The summed E-state index contributed by atoms with van der Waals surface area (Å²) in [5.41, 5.74) is 1.53. The van der Waals surface area contributed by atoms with Gasteiger partial charge in [0.25, 0.3) is 5.91 Å². The Balaban J connectivity index is 1.57. The van der Waals surface area contributed by atoms with Crippen LogP contribution in [0.5, 0.6) is 11.5 Å². The van der Waals surface area contributed by atoms with E-state index in [0.29, 0.717) is 30.2 Å². The van der Waals surface area contributed by atoms with Crippen LogP contribution in [-0.2, 0) is 4.79 Å². The van der Waals surface area contributed by atoms with Crippen LogP contribution in [0.25, 0.3) is 0 Å². The number of hydrogen-bond acceptors (Lipinski definition) is 4. The molecule has 0 spiro atoms. The van der Waals surface area contributed by atoms with Crippen molar-refractivity contribution >= 4 is 11.8 Å². The van der Waals surface area contributed by atoms with Gasteiger partial charge in [0.1, 0.15) is 18.8 Å². The highest BCUT2D eigenvalue weighted by Gasteiger charge is 2.27. The third-order valence-electron chi connectivity index (χ3n) is 4.59. The minimum absolute atomic E-state index is 0.0574. The van der Waals surface area contributed by atoms with E-state index in [1.807, 2.05) is 57.2 Å². The second kappa shape index (κ2) is 8.78. The van der Waals surface area contributed by atoms with E-state index in [4.69, 9.17) is 9.47 Å². The minimum Gasteiger partial charge on any atom is -0.486 e. The maximum atomic E-state index is 12.7. The van der Waals surface area contributed by atoms with Crippen LogP contribution in [0.4, 0.5) is 0 Å². The summed E-state index contributed by atoms with van der Waals surface area (Å²) in [6.45, 7) is 6.39. The number of ether oxygens (including phenoxy) is 2. The van der Waals surface area contributed by atoms with Crippen molar-refractivity contribution in [2.45, 2.75) is 32.9 Å². The smallest absolute Gasteiger partial charge is 0.251 e. The summed E-state index contributed by atoms with van der Waals surface area (Å²) in [7, 11) is 0. The number of fused-ring (bicyclic) bond motifs is 1. The number of nitrogens with one attached hydrogen (secondary N) is 2. The molecule has 2 amide bonds. The zero-order valence-corrected chi connectivity index (χ0v) is 16.4. The van der Waals surface area contributed by atoms with Crippen molar-refractivity contribution in [1.29, 1.82) is 0 Å². The molecule has 2 aromatic rings. The van der Waals surface area contributed by atoms with Gasteiger partial charge in [-0.15, -0.1) is 0 Å². The number of amides is 2. The van der Waals surface area contributed by atoms with E-state index in [1.165, 1.54) is 0 Å². The van der Waals surface area contributed by atoms with Crippen LogP contribution < -0.4 is 20.1 Å². The molecule has 2 N–H and O–H groups in total. The van der Waals surface area contributed by atoms with Gasteiger partial charge in [0.2, 0.25) is 5.91 Å². The predicted octanol–water partition coefficient (Wildman–Crippen LogP) is 2.71. The van der Waals surface area contributed by atoms with Gasteiger partial charge >= 0.3 is 0 Å². The molecule has 0 aromatic heterocycles. The van der Waals surface area contributed by atoms with Crippen LogP contribution in [0.15, 0.2) is 48.5 Å². The van der Waals surface area contributed by atoms with Gasteiger partial charge in [0.15, 0.2) is 11.5 Å². The molecule has 0 saturated carbocycles. The first kappa shape index (κ1) is 19.7. The van der Waals surface area contributed by atoms with Gasteiger partial charge in [0.05, 0.1) is 6.54 Å². The molecule has 28 heavy (non-hydrogen) atoms. The van der Waals surface area contributed by atoms with Crippen molar-refractivity contribution in [3.8, 4) is 11.5 Å². The Kier molecular flexibility index (Phi) is 6.19. The van der Waals surface area contributed by atoms with E-state index in [1.54, 1.807) is 12.1 Å². The molecule has 1 aliphatic heterocycles. The molecule has 1 aliphatic rings. The average molecular weight is 382 g/mol. The lowest BCUT2D eigenvalue weighted by Gasteiger charge is -2.28. The maximum absolute atomic E-state index is 12.7. The van der Waals surface area contributed by atoms with Crippen molar-refractivity contribution in [3.63, 3.8) is 0 Å². The Bertz CT molecular complexity index is 850. The Morgan fingerprint density at radius 3 is 2.57 bits per heavy atom. The molecule has 6 heteroatoms. The molecule has 2 aromatic carbocycles. The van der Waals surface area contributed by atoms with Crippen LogP contribution in [0, 0.1) is 12.8 Å². The third-order valence-corrected chi connectivity index (χ3v) is 4.59. The van der Waals surface area contributed by atoms with Crippen LogP contribution in [-0.4, -0.2) is 37.1 Å². The largest absolute Gasteiger partial charge is 0.486 e. The zero-order valence-electron chi connectivity index (χ0n) is 16.4. The SMILES string of the molecule is Cc1cccc(C(=O)N[C@@H](C(=O)NC[C@H]2COc3ccccc3O2)C(C)C)c1. The molecular weight excluding hydrogens is 356 g/mol. The minimum atomic E-state index is -0.634. The van der Waals surface area contributed by atoms with E-state index < -0.39 is 6.04 Å². The third kappa shape index (κ3) is 4.82. The first-order chi connectivity index (χ1) is 13.4. The summed E-state index contributed by atoms with van der Waals surface area (Å²) in [4.78, 5) is 25.2. The van der Waals surface area contributed by atoms with E-state index >= 15 is 0 Å². The lowest BCUT2D eigenvalue weighted by Crippen LogP contribution is -2.52. The Morgan fingerprint density at radius 2 is 1.86 bits per heavy atom. The lowest BCUT2D eigenvalue weighted by atomic mass is 10.0. The molecule has 0 fully saturated rings. The monoisotopic (exact) mass is 382 g/mol. The van der Waals surface area contributed by atoms with Crippen molar-refractivity contribution in [2.24, 2.45) is 5.92 Å². The fraction of sp³-hybridized carbons (Fsp3) is 0.364. The Morgan fingerprint density at radius 1 is 1.11 bits per heavy atom. The molecule has 0 aliphatic carbocycles. The Labute approximate surface area is 165 Å². The summed E-state index contributed by atoms with van der Waals surface area (Å²) in [5, 5.41) is 5.71. The van der Waals surface area contributed by atoms with Gasteiger partial charge < -0.3 is 20.1 Å². The second-order valence-corrected chi connectivity index (χ2v) is 7.31. The van der Waals surface area contributed by atoms with E-state index in [2.05, 4.69) is 10.6 Å². The van der Waals surface area contributed by atoms with Gasteiger partial charge in [-0.1, -0.05) is 43.7 Å². The van der Waals surface area contributed by atoms with Gasteiger partial charge in [-0.2, -0.15) is 0 Å². The molecule has 0 unspecified atom stereocenters. The second-order valence-electron chi connectivity index (χ2n) is 7.31. The molecule has 3 rings (SSSR count). The summed E-state index contributed by atoms with van der Waals surface area (Å²) >= 11 is 0. The number of carbonyl (C=O) groups is 2. The summed E-state index contributed by atoms with van der Waals surface area (Å²) in [6, 6.07) is 14.1. The topological polar surface area (TPSA) is 76.7 Å². The van der Waals surface area contributed by atoms with Crippen molar-refractivity contribution in [2.75, 3.05) is 13.2 Å². The standard InChI is InChI=1S/C22H26N2O4/c1-14(2)20(24-21(25)16-8-6-7-15(3)11-16)22(26)23-12-17-13-27-18-9-4-5-10-19(18)28-17/h4-11,14,17,20H,12-13H2,1-3H3,(H,23,26)(H,24,25)/t17-,20+/m0/s1. The lowest BCUT2D eigenvalue weighted by molar-refractivity contribution is -0.124. The molecule has 2 atom stereocenters. The zero-order chi connectivity index (χ0) is 20.1. The average Bonchev–Trinajstić information content (AvgIpc) is 2.69. The quantitative estimate of drug-likeness (QED) is 0.805. The van der Waals surface area contributed by atoms with E-state index in [-0.39, 0.29) is 23.8 Å². The van der Waals surface area contributed by atoms with Gasteiger partial charge in [0, 0.05) is 5.56 Å². The first-order valence-electron chi connectivity index (χ1n) is 9.48. The molecule has 6 nitrogen and oxygen atoms in total. The van der Waals surface area contributed by atoms with Crippen LogP contribution in [0.2, 0.25) is 0 Å². The predicted molar refractivity (Wildman–Crippen MR) is 107 cm³/mol. The van der Waals surface area contributed by atoms with Gasteiger partial charge in [-0.05, 0) is 37.1 Å². The van der Waals surface area contributed by atoms with Crippen molar-refractivity contribution in [3.05, 3.63) is 59.7 Å². The van der Waals surface area contributed by atoms with Gasteiger partial charge in [-0.3, -0.25) is 9.59 Å². The number of rotatable bonds is 6. The fourth-order valence-corrected chi connectivity index (χ4v) is 3.03. The number of para-hydroxylation sites is 2. The molecule has 148 valence electrons. The molecular formula is C22H26N2O4. The summed E-state index contributed by atoms with van der Waals surface area (Å²) in [5.74, 6) is 0.817. The Hall–Kier alpha value is -3.02. The van der Waals surface area contributed by atoms with Crippen molar-refractivity contribution in [1.82, 2.24) is 10.6 Å². The molecule has 0 bridgehead atoms. The number of carbonyl (C=O) groups excluding carboxylic acids is 2. The first-order valence-corrected chi connectivity index (χ1v) is 9.48. The highest BCUT2D eigenvalue weighted by molar-refractivity contribution is 5.97. The highest BCUT2D eigenvalue weighted by atomic mass is 16.6. The number of aryl methyl sites for hydroxylation is 1. The highest BCUT2D eigenvalue weighted by Crippen LogP contribution is 2.30. The molecule has 1 heterocycles. The van der Waals surface area contributed by atoms with Crippen LogP contribution >= 0.6 is 0 Å². The summed E-state index contributed by atoms with van der Waals surface area (Å²) < 4.78 is 11.5. The van der Waals surface area contributed by atoms with Gasteiger partial charge in [-0.25, -0.2) is 0 Å². The molecule has 0 radical (unpaired) electrons. The van der Waals surface area contributed by atoms with Crippen LogP contribution in [0.1, 0.15) is 29.8 Å². The number of benzene rings is 2. The van der Waals surface area contributed by atoms with E-state index in [9.17, 15) is 9.59 Å². The molecule has 0 saturated heterocycles. The van der Waals surface area contributed by atoms with Crippen molar-refractivity contribution < 1.29 is 19.1 Å². The normalized spacial score (nSPS) is 16.4. The van der Waals surface area contributed by atoms with E-state index in [0.717, 1.165) is 5.56 Å². The summed E-state index contributed by atoms with van der Waals surface area (Å²) in [6.07, 6.45) is -0.279. The maximum Gasteiger partial charge on any atom is 0.251 e. The fourth-order valence-electron chi connectivity index (χ4n) is 3.03. The van der Waals surface area contributed by atoms with Crippen LogP contribution in [0.3, 0.4) is 0 Å².